The third kappa shape index (κ3) is 3.76. The number of hydrogen-bond acceptors (Lipinski definition) is 3. The molecule has 0 radical (unpaired) electrons. The maximum absolute atomic E-state index is 12.7. The van der Waals surface area contributed by atoms with E-state index in [1.54, 1.807) is 6.92 Å². The van der Waals surface area contributed by atoms with Gasteiger partial charge in [0.2, 0.25) is 5.91 Å². The largest absolute Gasteiger partial charge is 0.349 e. The highest BCUT2D eigenvalue weighted by atomic mass is 16.2. The van der Waals surface area contributed by atoms with E-state index < -0.39 is 6.04 Å². The molecule has 1 unspecified atom stereocenters. The molecule has 25 heavy (non-hydrogen) atoms. The van der Waals surface area contributed by atoms with Gasteiger partial charge < -0.3 is 16.0 Å². The molecule has 0 bridgehead atoms. The van der Waals surface area contributed by atoms with Crippen LogP contribution >= 0.6 is 0 Å². The van der Waals surface area contributed by atoms with Crippen molar-refractivity contribution in [2.24, 2.45) is 11.7 Å². The maximum Gasteiger partial charge on any atom is 0.251 e. The second-order valence-electron chi connectivity index (χ2n) is 7.19. The van der Waals surface area contributed by atoms with Crippen LogP contribution in [0, 0.1) is 5.92 Å². The van der Waals surface area contributed by atoms with Crippen LogP contribution in [0.1, 0.15) is 37.8 Å². The monoisotopic (exact) mass is 341 g/mol. The van der Waals surface area contributed by atoms with E-state index in [0.29, 0.717) is 5.92 Å². The molecular formula is C20H27N3O2. The number of carbonyl (C=O) groups is 2. The molecule has 0 spiro atoms. The zero-order valence-corrected chi connectivity index (χ0v) is 15.0. The average Bonchev–Trinajstić information content (AvgIpc) is 3.05. The lowest BCUT2D eigenvalue weighted by Crippen LogP contribution is -2.49. The minimum atomic E-state index is -0.442. The molecule has 0 saturated carbocycles. The molecule has 3 N–H and O–H groups in total. The number of likely N-dealkylation sites (tertiary alicyclic amines) is 1. The van der Waals surface area contributed by atoms with E-state index in [4.69, 9.17) is 5.73 Å². The third-order valence-corrected chi connectivity index (χ3v) is 5.38. The van der Waals surface area contributed by atoms with Gasteiger partial charge in [-0.1, -0.05) is 30.3 Å². The highest BCUT2D eigenvalue weighted by molar-refractivity contribution is 6.21. The summed E-state index contributed by atoms with van der Waals surface area (Å²) in [4.78, 5) is 26.5. The number of fused-ring (bicyclic) bond motifs is 1. The SMILES string of the molecule is CC(NC(=O)C1=CCc2ccccc21)C1CCN(C(=O)[C@H](C)N)CC1. The molecule has 1 aromatic rings. The van der Waals surface area contributed by atoms with Gasteiger partial charge in [0, 0.05) is 24.7 Å². The molecule has 1 aliphatic heterocycles. The van der Waals surface area contributed by atoms with Crippen LogP contribution in [0.5, 0.6) is 0 Å². The summed E-state index contributed by atoms with van der Waals surface area (Å²) >= 11 is 0. The minimum absolute atomic E-state index is 0.00605. The number of hydrogen-bond donors (Lipinski definition) is 2. The van der Waals surface area contributed by atoms with Crippen LogP contribution in [0.15, 0.2) is 30.3 Å². The van der Waals surface area contributed by atoms with E-state index in [9.17, 15) is 9.59 Å². The number of allylic oxidation sites excluding steroid dienone is 1. The van der Waals surface area contributed by atoms with Gasteiger partial charge in [-0.25, -0.2) is 0 Å². The van der Waals surface area contributed by atoms with Gasteiger partial charge in [0.1, 0.15) is 0 Å². The number of piperidine rings is 1. The Morgan fingerprint density at radius 2 is 1.88 bits per heavy atom. The molecular weight excluding hydrogens is 314 g/mol. The number of carbonyl (C=O) groups excluding carboxylic acids is 2. The van der Waals surface area contributed by atoms with E-state index in [0.717, 1.165) is 43.5 Å². The van der Waals surface area contributed by atoms with Gasteiger partial charge >= 0.3 is 0 Å². The Bertz CT molecular complexity index is 688. The third-order valence-electron chi connectivity index (χ3n) is 5.38. The van der Waals surface area contributed by atoms with Crippen molar-refractivity contribution in [2.45, 2.75) is 45.2 Å². The molecule has 0 aromatic heterocycles. The van der Waals surface area contributed by atoms with Crippen molar-refractivity contribution in [1.29, 1.82) is 0 Å². The summed E-state index contributed by atoms with van der Waals surface area (Å²) in [6.07, 6.45) is 4.63. The summed E-state index contributed by atoms with van der Waals surface area (Å²) in [6, 6.07) is 7.71. The minimum Gasteiger partial charge on any atom is -0.349 e. The summed E-state index contributed by atoms with van der Waals surface area (Å²) in [5.41, 5.74) is 8.72. The Balaban J connectivity index is 1.54. The number of benzene rings is 1. The number of nitrogens with one attached hydrogen (secondary N) is 1. The fourth-order valence-electron chi connectivity index (χ4n) is 3.81. The lowest BCUT2D eigenvalue weighted by atomic mass is 9.89. The van der Waals surface area contributed by atoms with Crippen LogP contribution in [0.2, 0.25) is 0 Å². The Kier molecular flexibility index (Phi) is 5.23. The number of nitrogens with zero attached hydrogens (tertiary/aromatic N) is 1. The Labute approximate surface area is 149 Å². The molecule has 2 atom stereocenters. The van der Waals surface area contributed by atoms with Gasteiger partial charge in [0.15, 0.2) is 0 Å². The molecule has 1 fully saturated rings. The van der Waals surface area contributed by atoms with Gasteiger partial charge in [0.25, 0.3) is 5.91 Å². The first-order valence-corrected chi connectivity index (χ1v) is 9.11. The fourth-order valence-corrected chi connectivity index (χ4v) is 3.81. The van der Waals surface area contributed by atoms with Gasteiger partial charge in [-0.05, 0) is 50.2 Å². The van der Waals surface area contributed by atoms with E-state index in [2.05, 4.69) is 18.3 Å². The smallest absolute Gasteiger partial charge is 0.251 e. The lowest BCUT2D eigenvalue weighted by Gasteiger charge is -2.35. The van der Waals surface area contributed by atoms with Crippen LogP contribution in [-0.2, 0) is 16.0 Å². The van der Waals surface area contributed by atoms with E-state index in [-0.39, 0.29) is 17.9 Å². The van der Waals surface area contributed by atoms with Crippen molar-refractivity contribution >= 4 is 17.4 Å². The van der Waals surface area contributed by atoms with Gasteiger partial charge in [-0.2, -0.15) is 0 Å². The number of amides is 2. The molecule has 3 rings (SSSR count). The van der Waals surface area contributed by atoms with Crippen LogP contribution < -0.4 is 11.1 Å². The van der Waals surface area contributed by atoms with Crippen molar-refractivity contribution in [3.05, 3.63) is 41.5 Å². The van der Waals surface area contributed by atoms with Crippen molar-refractivity contribution in [1.82, 2.24) is 10.2 Å². The van der Waals surface area contributed by atoms with Crippen molar-refractivity contribution in [3.63, 3.8) is 0 Å². The summed E-state index contributed by atoms with van der Waals surface area (Å²) in [5.74, 6) is 0.410. The predicted octanol–water partition coefficient (Wildman–Crippen LogP) is 1.72. The molecule has 1 saturated heterocycles. The van der Waals surface area contributed by atoms with Crippen molar-refractivity contribution in [2.75, 3.05) is 13.1 Å². The highest BCUT2D eigenvalue weighted by Gasteiger charge is 2.29. The Morgan fingerprint density at radius 1 is 1.20 bits per heavy atom. The van der Waals surface area contributed by atoms with E-state index >= 15 is 0 Å². The molecule has 2 amide bonds. The average molecular weight is 341 g/mol. The summed E-state index contributed by atoms with van der Waals surface area (Å²) in [5, 5.41) is 3.16. The predicted molar refractivity (Wildman–Crippen MR) is 98.7 cm³/mol. The molecule has 134 valence electrons. The number of rotatable bonds is 4. The van der Waals surface area contributed by atoms with Gasteiger partial charge in [-0.15, -0.1) is 0 Å². The summed E-state index contributed by atoms with van der Waals surface area (Å²) in [6.45, 7) is 5.23. The second-order valence-corrected chi connectivity index (χ2v) is 7.19. The van der Waals surface area contributed by atoms with Crippen LogP contribution in [0.3, 0.4) is 0 Å². The van der Waals surface area contributed by atoms with Crippen molar-refractivity contribution in [3.8, 4) is 0 Å². The Hall–Kier alpha value is -2.14. The maximum atomic E-state index is 12.7. The molecule has 5 nitrogen and oxygen atoms in total. The first-order chi connectivity index (χ1) is 12.0. The molecule has 1 heterocycles. The topological polar surface area (TPSA) is 75.4 Å². The highest BCUT2D eigenvalue weighted by Crippen LogP contribution is 2.28. The summed E-state index contributed by atoms with van der Waals surface area (Å²) in [7, 11) is 0. The van der Waals surface area contributed by atoms with Crippen LogP contribution in [0.25, 0.3) is 5.57 Å². The summed E-state index contributed by atoms with van der Waals surface area (Å²) < 4.78 is 0. The van der Waals surface area contributed by atoms with Gasteiger partial charge in [-0.3, -0.25) is 9.59 Å². The quantitative estimate of drug-likeness (QED) is 0.875. The Morgan fingerprint density at radius 3 is 2.56 bits per heavy atom. The fraction of sp³-hybridized carbons (Fsp3) is 0.500. The zero-order valence-electron chi connectivity index (χ0n) is 15.0. The van der Waals surface area contributed by atoms with Crippen LogP contribution in [0.4, 0.5) is 0 Å². The number of nitrogens with two attached hydrogens (primary N) is 1. The zero-order chi connectivity index (χ0) is 18.0. The normalized spacial score (nSPS) is 19.8. The standard InChI is InChI=1S/C20H27N3O2/c1-13(21)20(25)23-11-9-15(10-12-23)14(2)22-19(24)18-8-7-16-5-3-4-6-17(16)18/h3-6,8,13-15H,7,9-12,21H2,1-2H3,(H,22,24)/t13-,14?/m0/s1. The van der Waals surface area contributed by atoms with Crippen molar-refractivity contribution < 1.29 is 9.59 Å². The molecule has 5 heteroatoms. The molecule has 2 aliphatic rings. The first-order valence-electron chi connectivity index (χ1n) is 9.11. The molecule has 1 aliphatic carbocycles. The van der Waals surface area contributed by atoms with Gasteiger partial charge in [0.05, 0.1) is 6.04 Å². The van der Waals surface area contributed by atoms with Crippen LogP contribution in [-0.4, -0.2) is 41.9 Å². The molecule has 1 aromatic carbocycles. The van der Waals surface area contributed by atoms with E-state index in [1.807, 2.05) is 29.2 Å². The lowest BCUT2D eigenvalue weighted by molar-refractivity contribution is -0.133. The first kappa shape index (κ1) is 17.7. The second kappa shape index (κ2) is 7.40. The van der Waals surface area contributed by atoms with E-state index in [1.165, 1.54) is 5.56 Å².